The van der Waals surface area contributed by atoms with Crippen molar-refractivity contribution < 1.29 is 13.2 Å². The molecule has 4 rings (SSSR count). The molecule has 0 radical (unpaired) electrons. The lowest BCUT2D eigenvalue weighted by atomic mass is 10.2. The monoisotopic (exact) mass is 453 g/mol. The fourth-order valence-corrected chi connectivity index (χ4v) is 4.92. The van der Waals surface area contributed by atoms with Gasteiger partial charge in [-0.05, 0) is 55.0 Å². The lowest BCUT2D eigenvalue weighted by Gasteiger charge is -2.34. The van der Waals surface area contributed by atoms with E-state index in [2.05, 4.69) is 22.1 Å². The second kappa shape index (κ2) is 10.1. The zero-order valence-corrected chi connectivity index (χ0v) is 18.9. The third kappa shape index (κ3) is 5.05. The standard InChI is InChI=1S/C23H27N5O3S/c1-2-3-18-31-19-7-9-20(10-8-19)32(29,30)28-16-14-27(15-17-28)23-12-11-22(25-26-23)21-6-4-5-13-24-21/h4-13H,2-3,14-18H2,1H3. The maximum Gasteiger partial charge on any atom is 0.243 e. The van der Waals surface area contributed by atoms with Gasteiger partial charge in [-0.25, -0.2) is 8.42 Å². The van der Waals surface area contributed by atoms with E-state index >= 15 is 0 Å². The van der Waals surface area contributed by atoms with E-state index in [4.69, 9.17) is 4.74 Å². The van der Waals surface area contributed by atoms with Crippen LogP contribution in [0, 0.1) is 0 Å². The van der Waals surface area contributed by atoms with Gasteiger partial charge in [0.05, 0.1) is 17.2 Å². The first-order valence-electron chi connectivity index (χ1n) is 10.8. The maximum atomic E-state index is 13.0. The Labute approximate surface area is 188 Å². The van der Waals surface area contributed by atoms with Gasteiger partial charge in [-0.2, -0.15) is 4.31 Å². The Kier molecular flexibility index (Phi) is 6.96. The van der Waals surface area contributed by atoms with Crippen LogP contribution in [0.1, 0.15) is 19.8 Å². The molecule has 168 valence electrons. The third-order valence-corrected chi connectivity index (χ3v) is 7.28. The highest BCUT2D eigenvalue weighted by Crippen LogP contribution is 2.23. The minimum absolute atomic E-state index is 0.285. The van der Waals surface area contributed by atoms with E-state index in [-0.39, 0.29) is 4.90 Å². The van der Waals surface area contributed by atoms with E-state index in [0.717, 1.165) is 24.4 Å². The number of hydrogen-bond donors (Lipinski definition) is 0. The summed E-state index contributed by atoms with van der Waals surface area (Å²) in [6, 6.07) is 16.1. The van der Waals surface area contributed by atoms with Crippen LogP contribution in [0.15, 0.2) is 65.7 Å². The van der Waals surface area contributed by atoms with Crippen LogP contribution in [0.2, 0.25) is 0 Å². The quantitative estimate of drug-likeness (QED) is 0.484. The highest BCUT2D eigenvalue weighted by Gasteiger charge is 2.29. The molecule has 0 saturated carbocycles. The number of benzene rings is 1. The van der Waals surface area contributed by atoms with Crippen molar-refractivity contribution in [3.63, 3.8) is 0 Å². The number of aromatic nitrogens is 3. The summed E-state index contributed by atoms with van der Waals surface area (Å²) in [7, 11) is -3.55. The average molecular weight is 454 g/mol. The van der Waals surface area contributed by atoms with Crippen LogP contribution >= 0.6 is 0 Å². The molecule has 1 aliphatic heterocycles. The van der Waals surface area contributed by atoms with Crippen molar-refractivity contribution in [1.82, 2.24) is 19.5 Å². The molecule has 3 aromatic rings. The molecular formula is C23H27N5O3S. The summed E-state index contributed by atoms with van der Waals surface area (Å²) in [4.78, 5) is 6.62. The number of pyridine rings is 1. The van der Waals surface area contributed by atoms with Crippen molar-refractivity contribution in [2.45, 2.75) is 24.7 Å². The molecule has 3 heterocycles. The summed E-state index contributed by atoms with van der Waals surface area (Å²) in [5.74, 6) is 1.42. The highest BCUT2D eigenvalue weighted by atomic mass is 32.2. The molecule has 0 amide bonds. The first-order chi connectivity index (χ1) is 15.6. The summed E-state index contributed by atoms with van der Waals surface area (Å²) in [5.41, 5.74) is 1.47. The Morgan fingerprint density at radius 2 is 1.69 bits per heavy atom. The van der Waals surface area contributed by atoms with Crippen molar-refractivity contribution in [3.05, 3.63) is 60.8 Å². The van der Waals surface area contributed by atoms with Crippen molar-refractivity contribution in [1.29, 1.82) is 0 Å². The van der Waals surface area contributed by atoms with Gasteiger partial charge >= 0.3 is 0 Å². The van der Waals surface area contributed by atoms with Gasteiger partial charge in [0.15, 0.2) is 5.82 Å². The fourth-order valence-electron chi connectivity index (χ4n) is 3.49. The molecule has 0 spiro atoms. The number of hydrogen-bond acceptors (Lipinski definition) is 7. The first-order valence-corrected chi connectivity index (χ1v) is 12.2. The summed E-state index contributed by atoms with van der Waals surface area (Å²) >= 11 is 0. The Balaban J connectivity index is 1.36. The minimum atomic E-state index is -3.55. The number of rotatable bonds is 8. The van der Waals surface area contributed by atoms with Crippen LogP contribution in [-0.2, 0) is 10.0 Å². The predicted molar refractivity (Wildman–Crippen MR) is 123 cm³/mol. The summed E-state index contributed by atoms with van der Waals surface area (Å²) in [6.07, 6.45) is 3.75. The summed E-state index contributed by atoms with van der Waals surface area (Å²) < 4.78 is 33.2. The van der Waals surface area contributed by atoms with Gasteiger partial charge in [0.25, 0.3) is 0 Å². The Morgan fingerprint density at radius 1 is 0.906 bits per heavy atom. The van der Waals surface area contributed by atoms with E-state index < -0.39 is 10.0 Å². The van der Waals surface area contributed by atoms with Gasteiger partial charge in [-0.3, -0.25) is 4.98 Å². The third-order valence-electron chi connectivity index (χ3n) is 5.37. The molecule has 0 bridgehead atoms. The lowest BCUT2D eigenvalue weighted by molar-refractivity contribution is 0.309. The van der Waals surface area contributed by atoms with Gasteiger partial charge < -0.3 is 9.64 Å². The molecule has 0 unspecified atom stereocenters. The second-order valence-corrected chi connectivity index (χ2v) is 9.49. The van der Waals surface area contributed by atoms with Crippen molar-refractivity contribution in [3.8, 4) is 17.1 Å². The molecule has 0 aliphatic carbocycles. The molecule has 0 atom stereocenters. The second-order valence-electron chi connectivity index (χ2n) is 7.56. The van der Waals surface area contributed by atoms with E-state index in [1.807, 2.05) is 35.2 Å². The molecule has 1 saturated heterocycles. The van der Waals surface area contributed by atoms with E-state index in [1.165, 1.54) is 4.31 Å². The van der Waals surface area contributed by atoms with Crippen molar-refractivity contribution in [2.75, 3.05) is 37.7 Å². The van der Waals surface area contributed by atoms with Gasteiger partial charge in [-0.15, -0.1) is 10.2 Å². The molecule has 32 heavy (non-hydrogen) atoms. The number of anilines is 1. The van der Waals surface area contributed by atoms with Crippen LogP contribution in [0.4, 0.5) is 5.82 Å². The summed E-state index contributed by atoms with van der Waals surface area (Å²) in [5, 5.41) is 8.59. The maximum absolute atomic E-state index is 13.0. The van der Waals surface area contributed by atoms with Crippen LogP contribution in [-0.4, -0.2) is 60.7 Å². The zero-order valence-electron chi connectivity index (χ0n) is 18.1. The van der Waals surface area contributed by atoms with E-state index in [0.29, 0.717) is 44.2 Å². The number of nitrogens with zero attached hydrogens (tertiary/aromatic N) is 5. The van der Waals surface area contributed by atoms with Gasteiger partial charge in [0.2, 0.25) is 10.0 Å². The van der Waals surface area contributed by atoms with Crippen LogP contribution in [0.5, 0.6) is 5.75 Å². The molecule has 1 aromatic carbocycles. The number of piperazine rings is 1. The average Bonchev–Trinajstić information content (AvgIpc) is 2.85. The Morgan fingerprint density at radius 3 is 2.31 bits per heavy atom. The van der Waals surface area contributed by atoms with Gasteiger partial charge in [-0.1, -0.05) is 19.4 Å². The minimum Gasteiger partial charge on any atom is -0.494 e. The van der Waals surface area contributed by atoms with Crippen LogP contribution < -0.4 is 9.64 Å². The number of unbranched alkanes of at least 4 members (excludes halogenated alkanes) is 1. The van der Waals surface area contributed by atoms with Gasteiger partial charge in [0, 0.05) is 32.4 Å². The Bertz CT molecular complexity index is 1100. The molecule has 8 nitrogen and oxygen atoms in total. The molecular weight excluding hydrogens is 426 g/mol. The predicted octanol–water partition coefficient (Wildman–Crippen LogP) is 3.23. The van der Waals surface area contributed by atoms with E-state index in [1.54, 1.807) is 30.5 Å². The summed E-state index contributed by atoms with van der Waals surface area (Å²) in [6.45, 7) is 4.62. The number of ether oxygens (including phenoxy) is 1. The first kappa shape index (κ1) is 22.2. The largest absolute Gasteiger partial charge is 0.494 e. The smallest absolute Gasteiger partial charge is 0.243 e. The SMILES string of the molecule is CCCCOc1ccc(S(=O)(=O)N2CCN(c3ccc(-c4ccccn4)nn3)CC2)cc1. The van der Waals surface area contributed by atoms with Crippen molar-refractivity contribution >= 4 is 15.8 Å². The van der Waals surface area contributed by atoms with Crippen LogP contribution in [0.3, 0.4) is 0 Å². The normalized spacial score (nSPS) is 15.0. The molecule has 1 fully saturated rings. The highest BCUT2D eigenvalue weighted by molar-refractivity contribution is 7.89. The van der Waals surface area contributed by atoms with Crippen molar-refractivity contribution in [2.24, 2.45) is 0 Å². The van der Waals surface area contributed by atoms with Gasteiger partial charge in [0.1, 0.15) is 11.4 Å². The topological polar surface area (TPSA) is 88.5 Å². The lowest BCUT2D eigenvalue weighted by Crippen LogP contribution is -2.48. The molecule has 0 N–H and O–H groups in total. The zero-order chi connectivity index (χ0) is 22.4. The number of sulfonamides is 1. The Hall–Kier alpha value is -3.04. The fraction of sp³-hybridized carbons (Fsp3) is 0.348. The van der Waals surface area contributed by atoms with E-state index in [9.17, 15) is 8.42 Å². The molecule has 9 heteroatoms. The molecule has 1 aliphatic rings. The van der Waals surface area contributed by atoms with Crippen LogP contribution in [0.25, 0.3) is 11.4 Å². The molecule has 2 aromatic heterocycles.